The molecule has 1 amide bonds. The Labute approximate surface area is 67.8 Å². The molecular weight excluding hydrogens is 162 g/mol. The van der Waals surface area contributed by atoms with Crippen LogP contribution in [0, 0.1) is 5.41 Å². The van der Waals surface area contributed by atoms with Gasteiger partial charge in [-0.05, 0) is 0 Å². The van der Waals surface area contributed by atoms with Crippen molar-refractivity contribution in [1.82, 2.24) is 4.57 Å². The van der Waals surface area contributed by atoms with E-state index < -0.39 is 0 Å². The number of rotatable bonds is 2. The minimum atomic E-state index is -0.363. The van der Waals surface area contributed by atoms with Gasteiger partial charge >= 0.3 is 0 Å². The minimum absolute atomic E-state index is 0.214. The SMILES string of the molecule is Cn1c(CC(N)=O)csc1=N. The molecule has 0 spiro atoms. The summed E-state index contributed by atoms with van der Waals surface area (Å²) in [5.41, 5.74) is 5.79. The average Bonchev–Trinajstić information content (AvgIpc) is 2.18. The molecule has 0 atom stereocenters. The van der Waals surface area contributed by atoms with Gasteiger partial charge in [-0.1, -0.05) is 0 Å². The number of nitrogens with two attached hydrogens (primary N) is 1. The third-order valence-electron chi connectivity index (χ3n) is 1.40. The fourth-order valence-corrected chi connectivity index (χ4v) is 1.52. The van der Waals surface area contributed by atoms with E-state index in [2.05, 4.69) is 0 Å². The van der Waals surface area contributed by atoms with Crippen molar-refractivity contribution in [3.05, 3.63) is 15.9 Å². The number of nitrogens with one attached hydrogen (secondary N) is 1. The Bertz CT molecular complexity index is 325. The number of thiazole rings is 1. The maximum absolute atomic E-state index is 10.5. The van der Waals surface area contributed by atoms with Gasteiger partial charge in [0.1, 0.15) is 0 Å². The summed E-state index contributed by atoms with van der Waals surface area (Å²) in [6.45, 7) is 0. The highest BCUT2D eigenvalue weighted by molar-refractivity contribution is 7.07. The van der Waals surface area contributed by atoms with Gasteiger partial charge in [0.15, 0.2) is 4.80 Å². The van der Waals surface area contributed by atoms with Gasteiger partial charge in [0, 0.05) is 18.1 Å². The Morgan fingerprint density at radius 1 is 1.91 bits per heavy atom. The largest absolute Gasteiger partial charge is 0.369 e. The molecule has 0 saturated carbocycles. The zero-order chi connectivity index (χ0) is 8.43. The van der Waals surface area contributed by atoms with Crippen molar-refractivity contribution in [3.63, 3.8) is 0 Å². The highest BCUT2D eigenvalue weighted by Gasteiger charge is 2.02. The lowest BCUT2D eigenvalue weighted by Gasteiger charge is -1.96. The number of hydrogen-bond donors (Lipinski definition) is 2. The van der Waals surface area contributed by atoms with Gasteiger partial charge in [0.05, 0.1) is 6.42 Å². The molecule has 3 N–H and O–H groups in total. The molecule has 0 bridgehead atoms. The van der Waals surface area contributed by atoms with Crippen molar-refractivity contribution < 1.29 is 4.79 Å². The van der Waals surface area contributed by atoms with Gasteiger partial charge in [-0.25, -0.2) is 0 Å². The second-order valence-electron chi connectivity index (χ2n) is 2.23. The Morgan fingerprint density at radius 3 is 2.91 bits per heavy atom. The second-order valence-corrected chi connectivity index (χ2v) is 3.09. The maximum Gasteiger partial charge on any atom is 0.223 e. The Kier molecular flexibility index (Phi) is 2.09. The molecule has 0 aliphatic rings. The molecule has 11 heavy (non-hydrogen) atoms. The van der Waals surface area contributed by atoms with Gasteiger partial charge in [-0.3, -0.25) is 10.2 Å². The standard InChI is InChI=1S/C6H9N3OS/c1-9-4(2-5(7)10)3-11-6(9)8/h3,8H,2H2,1H3,(H2,7,10). The molecule has 0 radical (unpaired) electrons. The van der Waals surface area contributed by atoms with E-state index in [0.717, 1.165) is 5.69 Å². The van der Waals surface area contributed by atoms with E-state index in [1.165, 1.54) is 11.3 Å². The Hall–Kier alpha value is -1.10. The van der Waals surface area contributed by atoms with E-state index in [9.17, 15) is 4.79 Å². The minimum Gasteiger partial charge on any atom is -0.369 e. The summed E-state index contributed by atoms with van der Waals surface area (Å²) in [5, 5.41) is 9.08. The lowest BCUT2D eigenvalue weighted by Crippen LogP contribution is -2.18. The highest BCUT2D eigenvalue weighted by atomic mass is 32.1. The average molecular weight is 171 g/mol. The summed E-state index contributed by atoms with van der Waals surface area (Å²) < 4.78 is 1.65. The summed E-state index contributed by atoms with van der Waals surface area (Å²) in [7, 11) is 1.75. The van der Waals surface area contributed by atoms with Crippen LogP contribution in [0.5, 0.6) is 0 Å². The van der Waals surface area contributed by atoms with Gasteiger partial charge in [0.25, 0.3) is 0 Å². The van der Waals surface area contributed by atoms with Gasteiger partial charge in [-0.15, -0.1) is 11.3 Å². The van der Waals surface area contributed by atoms with Crippen LogP contribution in [0.15, 0.2) is 5.38 Å². The van der Waals surface area contributed by atoms with E-state index in [1.54, 1.807) is 17.0 Å². The molecule has 0 aliphatic carbocycles. The third-order valence-corrected chi connectivity index (χ3v) is 2.28. The van der Waals surface area contributed by atoms with Crippen LogP contribution in [0.25, 0.3) is 0 Å². The maximum atomic E-state index is 10.5. The van der Waals surface area contributed by atoms with Crippen LogP contribution < -0.4 is 10.5 Å². The summed E-state index contributed by atoms with van der Waals surface area (Å²) in [6, 6.07) is 0. The van der Waals surface area contributed by atoms with Crippen molar-refractivity contribution >= 4 is 17.2 Å². The van der Waals surface area contributed by atoms with E-state index in [1.807, 2.05) is 0 Å². The van der Waals surface area contributed by atoms with Crippen LogP contribution in [0.3, 0.4) is 0 Å². The van der Waals surface area contributed by atoms with E-state index in [4.69, 9.17) is 11.1 Å². The van der Waals surface area contributed by atoms with Crippen molar-refractivity contribution in [2.75, 3.05) is 0 Å². The van der Waals surface area contributed by atoms with Crippen LogP contribution in [-0.2, 0) is 18.3 Å². The van der Waals surface area contributed by atoms with Crippen LogP contribution in [-0.4, -0.2) is 10.5 Å². The molecule has 0 fully saturated rings. The smallest absolute Gasteiger partial charge is 0.223 e. The van der Waals surface area contributed by atoms with Crippen molar-refractivity contribution in [2.45, 2.75) is 6.42 Å². The molecule has 1 aromatic rings. The zero-order valence-electron chi connectivity index (χ0n) is 6.13. The molecule has 1 rings (SSSR count). The fourth-order valence-electron chi connectivity index (χ4n) is 0.751. The first-order chi connectivity index (χ1) is 5.11. The summed E-state index contributed by atoms with van der Waals surface area (Å²) in [6.07, 6.45) is 0.214. The quantitative estimate of drug-likeness (QED) is 0.624. The molecule has 5 heteroatoms. The first kappa shape index (κ1) is 8.00. The Morgan fingerprint density at radius 2 is 2.55 bits per heavy atom. The molecule has 60 valence electrons. The number of nitrogens with zero attached hydrogens (tertiary/aromatic N) is 1. The summed E-state index contributed by atoms with van der Waals surface area (Å²) >= 11 is 1.29. The van der Waals surface area contributed by atoms with Crippen LogP contribution in [0.1, 0.15) is 5.69 Å². The lowest BCUT2D eigenvalue weighted by atomic mass is 10.3. The van der Waals surface area contributed by atoms with Crippen LogP contribution in [0.4, 0.5) is 0 Å². The molecule has 0 aromatic carbocycles. The molecule has 4 nitrogen and oxygen atoms in total. The molecule has 0 unspecified atom stereocenters. The first-order valence-electron chi connectivity index (χ1n) is 3.07. The topological polar surface area (TPSA) is 71.9 Å². The highest BCUT2D eigenvalue weighted by Crippen LogP contribution is 1.99. The lowest BCUT2D eigenvalue weighted by molar-refractivity contribution is -0.117. The molecule has 0 saturated heterocycles. The van der Waals surface area contributed by atoms with Gasteiger partial charge in [0.2, 0.25) is 5.91 Å². The summed E-state index contributed by atoms with van der Waals surface area (Å²) in [5.74, 6) is -0.363. The zero-order valence-corrected chi connectivity index (χ0v) is 6.94. The molecule has 1 heterocycles. The number of amides is 1. The fraction of sp³-hybridized carbons (Fsp3) is 0.333. The van der Waals surface area contributed by atoms with E-state index in [-0.39, 0.29) is 12.3 Å². The van der Waals surface area contributed by atoms with Crippen LogP contribution >= 0.6 is 11.3 Å². The second kappa shape index (κ2) is 2.87. The number of carbonyl (C=O) groups excluding carboxylic acids is 1. The number of hydrogen-bond acceptors (Lipinski definition) is 3. The molecule has 1 aromatic heterocycles. The normalized spacial score (nSPS) is 9.91. The van der Waals surface area contributed by atoms with E-state index in [0.29, 0.717) is 4.80 Å². The first-order valence-corrected chi connectivity index (χ1v) is 3.95. The van der Waals surface area contributed by atoms with E-state index >= 15 is 0 Å². The number of carbonyl (C=O) groups is 1. The predicted molar refractivity (Wildman–Crippen MR) is 42.0 cm³/mol. The van der Waals surface area contributed by atoms with Crippen molar-refractivity contribution in [1.29, 1.82) is 5.41 Å². The molecule has 0 aliphatic heterocycles. The number of primary amides is 1. The van der Waals surface area contributed by atoms with Crippen molar-refractivity contribution in [2.24, 2.45) is 12.8 Å². The summed E-state index contributed by atoms with van der Waals surface area (Å²) in [4.78, 5) is 10.9. The Balaban J connectivity index is 2.96. The van der Waals surface area contributed by atoms with Gasteiger partial charge in [-0.2, -0.15) is 0 Å². The van der Waals surface area contributed by atoms with Crippen molar-refractivity contribution in [3.8, 4) is 0 Å². The molecular formula is C6H9N3OS. The van der Waals surface area contributed by atoms with Gasteiger partial charge < -0.3 is 10.3 Å². The monoisotopic (exact) mass is 171 g/mol. The predicted octanol–water partition coefficient (Wildman–Crippen LogP) is -0.406. The van der Waals surface area contributed by atoms with Crippen LogP contribution in [0.2, 0.25) is 0 Å². The third kappa shape index (κ3) is 1.68. The number of aromatic nitrogens is 1.